The molecule has 4 heteroatoms. The molecule has 1 atom stereocenters. The maximum Gasteiger partial charge on any atom is 0.327 e. The third kappa shape index (κ3) is 3.07. The average Bonchev–Trinajstić information content (AvgIpc) is 3.21. The van der Waals surface area contributed by atoms with Gasteiger partial charge >= 0.3 is 5.97 Å². The Labute approximate surface area is 114 Å². The summed E-state index contributed by atoms with van der Waals surface area (Å²) in [4.78, 5) is 12.0. The van der Waals surface area contributed by atoms with Gasteiger partial charge in [0.1, 0.15) is 11.8 Å². The van der Waals surface area contributed by atoms with Gasteiger partial charge in [0.05, 0.1) is 14.2 Å². The SMILES string of the molecule is COC(=O)C(NC1CC1)c1cc(C)c(OC)cc1C. The first-order valence-corrected chi connectivity index (χ1v) is 6.55. The van der Waals surface area contributed by atoms with E-state index < -0.39 is 0 Å². The maximum atomic E-state index is 12.0. The number of methoxy groups -OCH3 is 2. The summed E-state index contributed by atoms with van der Waals surface area (Å²) in [6.07, 6.45) is 2.25. The molecule has 1 aliphatic carbocycles. The molecule has 104 valence electrons. The Morgan fingerprint density at radius 3 is 2.47 bits per heavy atom. The van der Waals surface area contributed by atoms with Crippen molar-refractivity contribution in [1.82, 2.24) is 5.32 Å². The molecule has 19 heavy (non-hydrogen) atoms. The molecule has 0 heterocycles. The number of benzene rings is 1. The Balaban J connectivity index is 2.34. The number of aryl methyl sites for hydroxylation is 2. The summed E-state index contributed by atoms with van der Waals surface area (Å²) in [6.45, 7) is 3.97. The van der Waals surface area contributed by atoms with Crippen LogP contribution in [0.25, 0.3) is 0 Å². The summed E-state index contributed by atoms with van der Waals surface area (Å²) < 4.78 is 10.2. The molecule has 1 saturated carbocycles. The molecule has 1 unspecified atom stereocenters. The van der Waals surface area contributed by atoms with E-state index in [2.05, 4.69) is 5.32 Å². The van der Waals surface area contributed by atoms with E-state index in [1.165, 1.54) is 7.11 Å². The summed E-state index contributed by atoms with van der Waals surface area (Å²) in [6, 6.07) is 4.02. The Bertz CT molecular complexity index is 481. The molecule has 1 aromatic carbocycles. The van der Waals surface area contributed by atoms with Crippen LogP contribution >= 0.6 is 0 Å². The van der Waals surface area contributed by atoms with Crippen molar-refractivity contribution in [2.75, 3.05) is 14.2 Å². The summed E-state index contributed by atoms with van der Waals surface area (Å²) >= 11 is 0. The lowest BCUT2D eigenvalue weighted by molar-refractivity contribution is -0.143. The van der Waals surface area contributed by atoms with Gasteiger partial charge in [-0.1, -0.05) is 0 Å². The number of rotatable bonds is 5. The summed E-state index contributed by atoms with van der Waals surface area (Å²) in [7, 11) is 3.08. The number of carbonyl (C=O) groups excluding carboxylic acids is 1. The quantitative estimate of drug-likeness (QED) is 0.828. The lowest BCUT2D eigenvalue weighted by Crippen LogP contribution is -2.31. The molecule has 1 N–H and O–H groups in total. The van der Waals surface area contributed by atoms with Crippen LogP contribution in [-0.2, 0) is 9.53 Å². The number of carbonyl (C=O) groups is 1. The minimum Gasteiger partial charge on any atom is -0.496 e. The van der Waals surface area contributed by atoms with E-state index in [-0.39, 0.29) is 12.0 Å². The highest BCUT2D eigenvalue weighted by atomic mass is 16.5. The normalized spacial score (nSPS) is 16.0. The van der Waals surface area contributed by atoms with Gasteiger partial charge in [-0.3, -0.25) is 5.32 Å². The van der Waals surface area contributed by atoms with E-state index in [9.17, 15) is 4.79 Å². The average molecular weight is 263 g/mol. The Kier molecular flexibility index (Phi) is 4.10. The monoisotopic (exact) mass is 263 g/mol. The fourth-order valence-electron chi connectivity index (χ4n) is 2.23. The minimum absolute atomic E-state index is 0.237. The first-order chi connectivity index (χ1) is 9.06. The van der Waals surface area contributed by atoms with Crippen LogP contribution in [-0.4, -0.2) is 26.2 Å². The molecule has 0 aliphatic heterocycles. The van der Waals surface area contributed by atoms with Crippen LogP contribution < -0.4 is 10.1 Å². The van der Waals surface area contributed by atoms with Gasteiger partial charge in [-0.05, 0) is 55.5 Å². The third-order valence-corrected chi connectivity index (χ3v) is 3.51. The predicted molar refractivity (Wildman–Crippen MR) is 73.4 cm³/mol. The van der Waals surface area contributed by atoms with Crippen LogP contribution in [0, 0.1) is 13.8 Å². The molecule has 2 rings (SSSR count). The smallest absolute Gasteiger partial charge is 0.327 e. The van der Waals surface area contributed by atoms with Crippen molar-refractivity contribution in [2.45, 2.75) is 38.8 Å². The molecular formula is C15H21NO3. The van der Waals surface area contributed by atoms with Crippen LogP contribution in [0.5, 0.6) is 5.75 Å². The fourth-order valence-corrected chi connectivity index (χ4v) is 2.23. The van der Waals surface area contributed by atoms with Crippen molar-refractivity contribution in [3.05, 3.63) is 28.8 Å². The number of hydrogen-bond acceptors (Lipinski definition) is 4. The minimum atomic E-state index is -0.387. The Morgan fingerprint density at radius 1 is 1.26 bits per heavy atom. The van der Waals surface area contributed by atoms with Crippen molar-refractivity contribution in [1.29, 1.82) is 0 Å². The lowest BCUT2D eigenvalue weighted by atomic mass is 9.98. The van der Waals surface area contributed by atoms with Crippen molar-refractivity contribution in [2.24, 2.45) is 0 Å². The second-order valence-corrected chi connectivity index (χ2v) is 5.08. The molecule has 0 radical (unpaired) electrons. The first-order valence-electron chi connectivity index (χ1n) is 6.55. The zero-order valence-electron chi connectivity index (χ0n) is 11.9. The van der Waals surface area contributed by atoms with Crippen molar-refractivity contribution >= 4 is 5.97 Å². The van der Waals surface area contributed by atoms with Crippen LogP contribution in [0.15, 0.2) is 12.1 Å². The van der Waals surface area contributed by atoms with Gasteiger partial charge in [-0.2, -0.15) is 0 Å². The van der Waals surface area contributed by atoms with Crippen LogP contribution in [0.2, 0.25) is 0 Å². The second kappa shape index (κ2) is 5.61. The molecule has 0 bridgehead atoms. The molecule has 0 aromatic heterocycles. The number of ether oxygens (including phenoxy) is 2. The number of nitrogens with one attached hydrogen (secondary N) is 1. The molecule has 1 aromatic rings. The summed E-state index contributed by atoms with van der Waals surface area (Å²) in [5.74, 6) is 0.607. The van der Waals surface area contributed by atoms with Gasteiger partial charge in [0.15, 0.2) is 0 Å². The Hall–Kier alpha value is -1.55. The molecular weight excluding hydrogens is 242 g/mol. The molecule has 1 fully saturated rings. The van der Waals surface area contributed by atoms with E-state index in [4.69, 9.17) is 9.47 Å². The molecule has 0 saturated heterocycles. The third-order valence-electron chi connectivity index (χ3n) is 3.51. The summed E-state index contributed by atoms with van der Waals surface area (Å²) in [5.41, 5.74) is 3.03. The zero-order chi connectivity index (χ0) is 14.0. The highest BCUT2D eigenvalue weighted by Gasteiger charge is 2.31. The molecule has 0 spiro atoms. The highest BCUT2D eigenvalue weighted by Crippen LogP contribution is 2.30. The predicted octanol–water partition coefficient (Wildman–Crippen LogP) is 2.28. The van der Waals surface area contributed by atoms with Crippen molar-refractivity contribution in [3.63, 3.8) is 0 Å². The van der Waals surface area contributed by atoms with E-state index in [1.54, 1.807) is 7.11 Å². The maximum absolute atomic E-state index is 12.0. The van der Waals surface area contributed by atoms with E-state index in [0.29, 0.717) is 6.04 Å². The van der Waals surface area contributed by atoms with Crippen molar-refractivity contribution < 1.29 is 14.3 Å². The van der Waals surface area contributed by atoms with Gasteiger partial charge < -0.3 is 9.47 Å². The van der Waals surface area contributed by atoms with Gasteiger partial charge in [-0.25, -0.2) is 4.79 Å². The number of esters is 1. The standard InChI is InChI=1S/C15H21NO3/c1-9-8-13(18-3)10(2)7-12(9)14(15(17)19-4)16-11-5-6-11/h7-8,11,14,16H,5-6H2,1-4H3. The van der Waals surface area contributed by atoms with E-state index in [1.807, 2.05) is 26.0 Å². The second-order valence-electron chi connectivity index (χ2n) is 5.08. The topological polar surface area (TPSA) is 47.6 Å². The van der Waals surface area contributed by atoms with Crippen LogP contribution in [0.4, 0.5) is 0 Å². The van der Waals surface area contributed by atoms with Gasteiger partial charge in [0, 0.05) is 6.04 Å². The van der Waals surface area contributed by atoms with Crippen LogP contribution in [0.3, 0.4) is 0 Å². The van der Waals surface area contributed by atoms with Crippen LogP contribution in [0.1, 0.15) is 35.6 Å². The van der Waals surface area contributed by atoms with E-state index in [0.717, 1.165) is 35.3 Å². The fraction of sp³-hybridized carbons (Fsp3) is 0.533. The highest BCUT2D eigenvalue weighted by molar-refractivity contribution is 5.78. The summed E-state index contributed by atoms with van der Waals surface area (Å²) in [5, 5.41) is 3.35. The first kappa shape index (κ1) is 13.9. The van der Waals surface area contributed by atoms with Gasteiger partial charge in [0.25, 0.3) is 0 Å². The number of hydrogen-bond donors (Lipinski definition) is 1. The van der Waals surface area contributed by atoms with E-state index >= 15 is 0 Å². The Morgan fingerprint density at radius 2 is 1.95 bits per heavy atom. The largest absolute Gasteiger partial charge is 0.496 e. The van der Waals surface area contributed by atoms with Gasteiger partial charge in [0.2, 0.25) is 0 Å². The van der Waals surface area contributed by atoms with Crippen molar-refractivity contribution in [3.8, 4) is 5.75 Å². The molecule has 4 nitrogen and oxygen atoms in total. The molecule has 0 amide bonds. The van der Waals surface area contributed by atoms with Gasteiger partial charge in [-0.15, -0.1) is 0 Å². The zero-order valence-corrected chi connectivity index (χ0v) is 11.9. The molecule has 1 aliphatic rings. The lowest BCUT2D eigenvalue weighted by Gasteiger charge is -2.20.